The molecule has 0 saturated carbocycles. The van der Waals surface area contributed by atoms with E-state index in [4.69, 9.17) is 18.9 Å². The average molecular weight is 351 g/mol. The number of ether oxygens (including phenoxy) is 4. The Hall–Kier alpha value is -2.74. The molecule has 2 rings (SSSR count). The van der Waals surface area contributed by atoms with Gasteiger partial charge in [0, 0.05) is 6.07 Å². The minimum Gasteiger partial charge on any atom is -0.493 e. The zero-order valence-corrected chi connectivity index (χ0v) is 14.5. The Kier molecular flexibility index (Phi) is 5.64. The molecule has 0 spiro atoms. The maximum absolute atomic E-state index is 12.4. The van der Waals surface area contributed by atoms with Crippen LogP contribution in [0.1, 0.15) is 20.0 Å². The number of carbonyl (C=O) groups is 2. The Morgan fingerprint density at radius 1 is 1.04 bits per heavy atom. The maximum atomic E-state index is 12.4. The number of hydrogen-bond donors (Lipinski definition) is 1. The van der Waals surface area contributed by atoms with Crippen molar-refractivity contribution in [3.05, 3.63) is 34.0 Å². The van der Waals surface area contributed by atoms with Crippen molar-refractivity contribution in [3.8, 4) is 17.2 Å². The van der Waals surface area contributed by atoms with E-state index >= 15 is 0 Å². The molecule has 0 fully saturated rings. The van der Waals surface area contributed by atoms with Crippen LogP contribution < -0.4 is 19.5 Å². The van der Waals surface area contributed by atoms with E-state index in [1.807, 2.05) is 0 Å². The average Bonchev–Trinajstić information content (AvgIpc) is 3.14. The van der Waals surface area contributed by atoms with Gasteiger partial charge in [-0.15, -0.1) is 11.3 Å². The molecule has 1 aromatic carbocycles. The van der Waals surface area contributed by atoms with E-state index in [-0.39, 0.29) is 34.4 Å². The van der Waals surface area contributed by atoms with Crippen LogP contribution in [0.15, 0.2) is 23.6 Å². The van der Waals surface area contributed by atoms with Crippen LogP contribution in [0.5, 0.6) is 17.2 Å². The zero-order chi connectivity index (χ0) is 17.7. The third-order valence-corrected chi connectivity index (χ3v) is 4.09. The summed E-state index contributed by atoms with van der Waals surface area (Å²) in [6.45, 7) is 0. The molecule has 0 saturated heterocycles. The maximum Gasteiger partial charge on any atom is 0.340 e. The van der Waals surface area contributed by atoms with Crippen molar-refractivity contribution in [1.82, 2.24) is 0 Å². The number of hydrogen-bond acceptors (Lipinski definition) is 7. The van der Waals surface area contributed by atoms with Crippen LogP contribution in [0.25, 0.3) is 0 Å². The van der Waals surface area contributed by atoms with Crippen LogP contribution >= 0.6 is 11.3 Å². The van der Waals surface area contributed by atoms with Gasteiger partial charge in [0.15, 0.2) is 11.5 Å². The summed E-state index contributed by atoms with van der Waals surface area (Å²) in [5.74, 6) is -0.309. The summed E-state index contributed by atoms with van der Waals surface area (Å²) in [4.78, 5) is 25.0. The van der Waals surface area contributed by atoms with Gasteiger partial charge in [-0.2, -0.15) is 0 Å². The molecule has 8 heteroatoms. The van der Waals surface area contributed by atoms with Crippen LogP contribution in [0, 0.1) is 0 Å². The molecule has 1 aromatic heterocycles. The Bertz CT molecular complexity index is 742. The van der Waals surface area contributed by atoms with Gasteiger partial charge >= 0.3 is 5.97 Å². The van der Waals surface area contributed by atoms with E-state index in [0.29, 0.717) is 4.88 Å². The number of benzene rings is 1. The molecule has 0 bridgehead atoms. The summed E-state index contributed by atoms with van der Waals surface area (Å²) in [5.41, 5.74) is 0.248. The lowest BCUT2D eigenvalue weighted by Crippen LogP contribution is -2.16. The molecule has 0 aliphatic rings. The number of carbonyl (C=O) groups excluding carboxylic acids is 2. The predicted molar refractivity (Wildman–Crippen MR) is 89.7 cm³/mol. The van der Waals surface area contributed by atoms with E-state index in [9.17, 15) is 9.59 Å². The second-order valence-electron chi connectivity index (χ2n) is 4.49. The molecular formula is C16H17NO6S. The Balaban J connectivity index is 2.61. The van der Waals surface area contributed by atoms with Gasteiger partial charge in [-0.3, -0.25) is 4.79 Å². The first kappa shape index (κ1) is 17.6. The summed E-state index contributed by atoms with van der Waals surface area (Å²) >= 11 is 1.28. The molecule has 0 unspecified atom stereocenters. The summed E-state index contributed by atoms with van der Waals surface area (Å²) in [6.07, 6.45) is 0. The number of rotatable bonds is 6. The molecule has 1 amide bonds. The third kappa shape index (κ3) is 3.28. The monoisotopic (exact) mass is 351 g/mol. The van der Waals surface area contributed by atoms with E-state index in [1.165, 1.54) is 45.8 Å². The summed E-state index contributed by atoms with van der Waals surface area (Å²) in [7, 11) is 5.51. The smallest absolute Gasteiger partial charge is 0.340 e. The highest BCUT2D eigenvalue weighted by molar-refractivity contribution is 7.12. The van der Waals surface area contributed by atoms with Gasteiger partial charge in [0.2, 0.25) is 5.75 Å². The number of esters is 1. The first-order valence-electron chi connectivity index (χ1n) is 6.83. The van der Waals surface area contributed by atoms with Crippen LogP contribution in [0.3, 0.4) is 0 Å². The van der Waals surface area contributed by atoms with Crippen LogP contribution in [0.4, 0.5) is 5.69 Å². The minimum absolute atomic E-state index is 0.0944. The van der Waals surface area contributed by atoms with Gasteiger partial charge in [0.25, 0.3) is 5.91 Å². The van der Waals surface area contributed by atoms with Gasteiger partial charge in [-0.1, -0.05) is 6.07 Å². The van der Waals surface area contributed by atoms with Gasteiger partial charge in [-0.25, -0.2) is 4.79 Å². The van der Waals surface area contributed by atoms with Crippen LogP contribution in [-0.2, 0) is 4.74 Å². The lowest BCUT2D eigenvalue weighted by atomic mass is 10.1. The lowest BCUT2D eigenvalue weighted by Gasteiger charge is -2.19. The van der Waals surface area contributed by atoms with Gasteiger partial charge in [-0.05, 0) is 11.4 Å². The van der Waals surface area contributed by atoms with Crippen molar-refractivity contribution in [3.63, 3.8) is 0 Å². The largest absolute Gasteiger partial charge is 0.493 e. The third-order valence-electron chi connectivity index (χ3n) is 3.22. The highest BCUT2D eigenvalue weighted by Crippen LogP contribution is 2.45. The van der Waals surface area contributed by atoms with Gasteiger partial charge < -0.3 is 24.3 Å². The first-order chi connectivity index (χ1) is 11.6. The molecule has 0 radical (unpaired) electrons. The van der Waals surface area contributed by atoms with Crippen molar-refractivity contribution >= 4 is 28.9 Å². The number of anilines is 1. The Labute approximate surface area is 143 Å². The van der Waals surface area contributed by atoms with Crippen molar-refractivity contribution in [2.75, 3.05) is 33.8 Å². The molecule has 7 nitrogen and oxygen atoms in total. The summed E-state index contributed by atoms with van der Waals surface area (Å²) in [5, 5.41) is 4.46. The summed E-state index contributed by atoms with van der Waals surface area (Å²) in [6, 6.07) is 4.86. The second-order valence-corrected chi connectivity index (χ2v) is 5.44. The molecule has 128 valence electrons. The van der Waals surface area contributed by atoms with Crippen LogP contribution in [0.2, 0.25) is 0 Å². The van der Waals surface area contributed by atoms with E-state index in [2.05, 4.69) is 5.32 Å². The standard InChI is InChI=1S/C16H17NO6S/c1-20-10-8-9(16(19)23-4)12(14(22-3)13(10)21-2)17-15(18)11-6-5-7-24-11/h5-8H,1-4H3,(H,17,18). The Morgan fingerprint density at radius 3 is 2.25 bits per heavy atom. The molecule has 0 atom stereocenters. The number of amides is 1. The molecule has 1 N–H and O–H groups in total. The lowest BCUT2D eigenvalue weighted by molar-refractivity contribution is 0.0601. The minimum atomic E-state index is -0.643. The van der Waals surface area contributed by atoms with Crippen molar-refractivity contribution in [1.29, 1.82) is 0 Å². The molecule has 2 aromatic rings. The molecule has 24 heavy (non-hydrogen) atoms. The van der Waals surface area contributed by atoms with Crippen LogP contribution in [-0.4, -0.2) is 40.3 Å². The van der Waals surface area contributed by atoms with E-state index in [0.717, 1.165) is 0 Å². The normalized spacial score (nSPS) is 10.0. The van der Waals surface area contributed by atoms with E-state index < -0.39 is 5.97 Å². The molecular weight excluding hydrogens is 334 g/mol. The topological polar surface area (TPSA) is 83.1 Å². The number of thiophene rings is 1. The highest BCUT2D eigenvalue weighted by Gasteiger charge is 2.26. The fourth-order valence-electron chi connectivity index (χ4n) is 2.13. The molecule has 0 aliphatic carbocycles. The predicted octanol–water partition coefficient (Wildman–Crippen LogP) is 2.81. The fourth-order valence-corrected chi connectivity index (χ4v) is 2.75. The molecule has 0 aliphatic heterocycles. The number of nitrogens with one attached hydrogen (secondary N) is 1. The van der Waals surface area contributed by atoms with Crippen molar-refractivity contribution in [2.24, 2.45) is 0 Å². The van der Waals surface area contributed by atoms with Crippen molar-refractivity contribution < 1.29 is 28.5 Å². The van der Waals surface area contributed by atoms with Crippen molar-refractivity contribution in [2.45, 2.75) is 0 Å². The highest BCUT2D eigenvalue weighted by atomic mass is 32.1. The van der Waals surface area contributed by atoms with E-state index in [1.54, 1.807) is 17.5 Å². The number of methoxy groups -OCH3 is 4. The quantitative estimate of drug-likeness (QED) is 0.806. The molecule has 1 heterocycles. The van der Waals surface area contributed by atoms with Gasteiger partial charge in [0.05, 0.1) is 38.9 Å². The fraction of sp³-hybridized carbons (Fsp3) is 0.250. The van der Waals surface area contributed by atoms with Gasteiger partial charge in [0.1, 0.15) is 5.69 Å². The second kappa shape index (κ2) is 7.69. The summed E-state index contributed by atoms with van der Waals surface area (Å²) < 4.78 is 20.6. The zero-order valence-electron chi connectivity index (χ0n) is 13.7. The Morgan fingerprint density at radius 2 is 1.75 bits per heavy atom. The first-order valence-corrected chi connectivity index (χ1v) is 7.71. The SMILES string of the molecule is COC(=O)c1cc(OC)c(OC)c(OC)c1NC(=O)c1cccs1.